The predicted molar refractivity (Wildman–Crippen MR) is 114 cm³/mol. The molecule has 0 aromatic heterocycles. The maximum absolute atomic E-state index is 13.1. The fourth-order valence-electron chi connectivity index (χ4n) is 3.73. The Bertz CT molecular complexity index is 740. The van der Waals surface area contributed by atoms with Crippen molar-refractivity contribution >= 4 is 11.6 Å². The van der Waals surface area contributed by atoms with Crippen LogP contribution in [0.15, 0.2) is 54.6 Å². The van der Waals surface area contributed by atoms with E-state index in [-0.39, 0.29) is 11.9 Å². The van der Waals surface area contributed by atoms with Gasteiger partial charge in [0, 0.05) is 45.0 Å². The molecule has 5 nitrogen and oxygen atoms in total. The molecule has 0 bridgehead atoms. The number of anilines is 1. The number of likely N-dealkylation sites (N-methyl/N-ethyl adjacent to an activating group) is 1. The molecule has 0 N–H and O–H groups in total. The molecule has 2 aromatic rings. The van der Waals surface area contributed by atoms with Gasteiger partial charge in [-0.15, -0.1) is 0 Å². The van der Waals surface area contributed by atoms with E-state index >= 15 is 0 Å². The zero-order valence-corrected chi connectivity index (χ0v) is 17.2. The lowest BCUT2D eigenvalue weighted by atomic mass is 10.1. The molecule has 1 amide bonds. The second-order valence-electron chi connectivity index (χ2n) is 7.24. The molecule has 3 rings (SSSR count). The van der Waals surface area contributed by atoms with E-state index in [9.17, 15) is 4.79 Å². The number of ether oxygens (including phenoxy) is 1. The zero-order valence-electron chi connectivity index (χ0n) is 17.2. The lowest BCUT2D eigenvalue weighted by Crippen LogP contribution is -2.54. The minimum atomic E-state index is -0.0957. The first-order valence-electron chi connectivity index (χ1n) is 10.1. The van der Waals surface area contributed by atoms with E-state index in [1.54, 1.807) is 7.11 Å². The molecule has 1 heterocycles. The summed E-state index contributed by atoms with van der Waals surface area (Å²) in [6, 6.07) is 18.3. The Morgan fingerprint density at radius 2 is 1.68 bits per heavy atom. The Morgan fingerprint density at radius 3 is 2.25 bits per heavy atom. The molecule has 150 valence electrons. The number of piperazine rings is 1. The molecule has 1 aliphatic heterocycles. The van der Waals surface area contributed by atoms with E-state index < -0.39 is 0 Å². The van der Waals surface area contributed by atoms with Crippen molar-refractivity contribution in [1.82, 2.24) is 9.80 Å². The number of hydrogen-bond donors (Lipinski definition) is 0. The topological polar surface area (TPSA) is 36.0 Å². The molecule has 0 aliphatic carbocycles. The summed E-state index contributed by atoms with van der Waals surface area (Å²) in [5.74, 6) is 1.09. The summed E-state index contributed by atoms with van der Waals surface area (Å²) in [6.45, 7) is 9.12. The Kier molecular flexibility index (Phi) is 6.93. The summed E-state index contributed by atoms with van der Waals surface area (Å²) >= 11 is 0. The number of nitrogens with zero attached hydrogens (tertiary/aromatic N) is 3. The first kappa shape index (κ1) is 20.2. The van der Waals surface area contributed by atoms with Crippen molar-refractivity contribution < 1.29 is 9.53 Å². The molecule has 0 radical (unpaired) electrons. The van der Waals surface area contributed by atoms with Crippen LogP contribution in [0.1, 0.15) is 19.4 Å². The van der Waals surface area contributed by atoms with Crippen LogP contribution in [0.3, 0.4) is 0 Å². The molecule has 1 aliphatic rings. The van der Waals surface area contributed by atoms with Gasteiger partial charge in [0.2, 0.25) is 5.91 Å². The molecule has 2 aromatic carbocycles. The summed E-state index contributed by atoms with van der Waals surface area (Å²) in [7, 11) is 1.68. The molecular formula is C23H31N3O2. The minimum Gasteiger partial charge on any atom is -0.497 e. The Balaban J connectivity index is 1.55. The van der Waals surface area contributed by atoms with Gasteiger partial charge in [-0.05, 0) is 43.7 Å². The lowest BCUT2D eigenvalue weighted by molar-refractivity contribution is -0.137. The Hall–Kier alpha value is -2.53. The fraction of sp³-hybridized carbons (Fsp3) is 0.435. The molecule has 28 heavy (non-hydrogen) atoms. The van der Waals surface area contributed by atoms with E-state index in [0.717, 1.165) is 38.5 Å². The highest BCUT2D eigenvalue weighted by molar-refractivity contribution is 5.81. The highest BCUT2D eigenvalue weighted by atomic mass is 16.5. The highest BCUT2D eigenvalue weighted by Crippen LogP contribution is 2.21. The largest absolute Gasteiger partial charge is 0.497 e. The van der Waals surface area contributed by atoms with Gasteiger partial charge in [-0.3, -0.25) is 9.69 Å². The summed E-state index contributed by atoms with van der Waals surface area (Å²) in [6.07, 6.45) is 0. The SMILES string of the molecule is CCN(Cc1ccccc1)C(=O)C(C)N1CCN(c2ccc(OC)cc2)CC1. The van der Waals surface area contributed by atoms with Crippen LogP contribution in [0.5, 0.6) is 5.75 Å². The number of hydrogen-bond acceptors (Lipinski definition) is 4. The van der Waals surface area contributed by atoms with Gasteiger partial charge in [-0.2, -0.15) is 0 Å². The number of rotatable bonds is 7. The van der Waals surface area contributed by atoms with Crippen LogP contribution in [0, 0.1) is 0 Å². The van der Waals surface area contributed by atoms with Crippen LogP contribution in [-0.4, -0.2) is 61.6 Å². The summed E-state index contributed by atoms with van der Waals surface area (Å²) in [4.78, 5) is 19.7. The third-order valence-electron chi connectivity index (χ3n) is 5.57. The number of methoxy groups -OCH3 is 1. The lowest BCUT2D eigenvalue weighted by Gasteiger charge is -2.39. The van der Waals surface area contributed by atoms with Crippen molar-refractivity contribution in [2.45, 2.75) is 26.4 Å². The van der Waals surface area contributed by atoms with Crippen molar-refractivity contribution in [2.75, 3.05) is 44.7 Å². The average molecular weight is 382 g/mol. The normalized spacial score (nSPS) is 15.9. The first-order valence-corrected chi connectivity index (χ1v) is 10.1. The van der Waals surface area contributed by atoms with Gasteiger partial charge in [0.25, 0.3) is 0 Å². The maximum Gasteiger partial charge on any atom is 0.239 e. The third-order valence-corrected chi connectivity index (χ3v) is 5.57. The summed E-state index contributed by atoms with van der Waals surface area (Å²) < 4.78 is 5.24. The number of benzene rings is 2. The Labute approximate surface area is 168 Å². The van der Waals surface area contributed by atoms with Gasteiger partial charge in [-0.25, -0.2) is 0 Å². The van der Waals surface area contributed by atoms with Crippen LogP contribution in [0.4, 0.5) is 5.69 Å². The van der Waals surface area contributed by atoms with Gasteiger partial charge in [0.15, 0.2) is 0 Å². The van der Waals surface area contributed by atoms with Crippen LogP contribution < -0.4 is 9.64 Å². The summed E-state index contributed by atoms with van der Waals surface area (Å²) in [5, 5.41) is 0. The quantitative estimate of drug-likeness (QED) is 0.738. The minimum absolute atomic E-state index is 0.0957. The van der Waals surface area contributed by atoms with Gasteiger partial charge in [0.1, 0.15) is 5.75 Å². The Morgan fingerprint density at radius 1 is 1.04 bits per heavy atom. The van der Waals surface area contributed by atoms with Crippen molar-refractivity contribution in [3.8, 4) is 5.75 Å². The first-order chi connectivity index (χ1) is 13.6. The van der Waals surface area contributed by atoms with Crippen molar-refractivity contribution in [2.24, 2.45) is 0 Å². The predicted octanol–water partition coefficient (Wildman–Crippen LogP) is 3.25. The molecule has 1 atom stereocenters. The van der Waals surface area contributed by atoms with E-state index in [0.29, 0.717) is 6.54 Å². The molecule has 1 fully saturated rings. The number of carbonyl (C=O) groups is 1. The van der Waals surface area contributed by atoms with Crippen LogP contribution >= 0.6 is 0 Å². The number of carbonyl (C=O) groups excluding carboxylic acids is 1. The van der Waals surface area contributed by atoms with E-state index in [4.69, 9.17) is 4.74 Å². The third kappa shape index (κ3) is 4.84. The average Bonchev–Trinajstić information content (AvgIpc) is 2.77. The fourth-order valence-corrected chi connectivity index (χ4v) is 3.73. The highest BCUT2D eigenvalue weighted by Gasteiger charge is 2.28. The van der Waals surface area contributed by atoms with Gasteiger partial charge in [0.05, 0.1) is 13.2 Å². The van der Waals surface area contributed by atoms with Crippen LogP contribution in [-0.2, 0) is 11.3 Å². The zero-order chi connectivity index (χ0) is 19.9. The van der Waals surface area contributed by atoms with Gasteiger partial charge >= 0.3 is 0 Å². The second-order valence-corrected chi connectivity index (χ2v) is 7.24. The van der Waals surface area contributed by atoms with Crippen LogP contribution in [0.2, 0.25) is 0 Å². The maximum atomic E-state index is 13.1. The van der Waals surface area contributed by atoms with E-state index in [1.807, 2.05) is 42.2 Å². The summed E-state index contributed by atoms with van der Waals surface area (Å²) in [5.41, 5.74) is 2.38. The van der Waals surface area contributed by atoms with Crippen molar-refractivity contribution in [1.29, 1.82) is 0 Å². The standard InChI is InChI=1S/C23H31N3O2/c1-4-24(18-20-8-6-5-7-9-20)23(27)19(2)25-14-16-26(17-15-25)21-10-12-22(28-3)13-11-21/h5-13,19H,4,14-18H2,1-3H3. The monoisotopic (exact) mass is 381 g/mol. The molecule has 5 heteroatoms. The number of amides is 1. The van der Waals surface area contributed by atoms with Crippen molar-refractivity contribution in [3.05, 3.63) is 60.2 Å². The van der Waals surface area contributed by atoms with Gasteiger partial charge < -0.3 is 14.5 Å². The van der Waals surface area contributed by atoms with E-state index in [1.165, 1.54) is 11.3 Å². The van der Waals surface area contributed by atoms with Crippen LogP contribution in [0.25, 0.3) is 0 Å². The molecule has 1 unspecified atom stereocenters. The van der Waals surface area contributed by atoms with Crippen molar-refractivity contribution in [3.63, 3.8) is 0 Å². The molecule has 0 saturated carbocycles. The molecule has 1 saturated heterocycles. The van der Waals surface area contributed by atoms with Gasteiger partial charge in [-0.1, -0.05) is 30.3 Å². The second kappa shape index (κ2) is 9.60. The smallest absolute Gasteiger partial charge is 0.239 e. The molecule has 0 spiro atoms. The van der Waals surface area contributed by atoms with E-state index in [2.05, 4.69) is 41.0 Å². The molecular weight excluding hydrogens is 350 g/mol.